The van der Waals surface area contributed by atoms with Crippen molar-refractivity contribution < 1.29 is 9.94 Å². The molecule has 1 heterocycles. The van der Waals surface area contributed by atoms with Crippen molar-refractivity contribution in [3.8, 4) is 0 Å². The van der Waals surface area contributed by atoms with Crippen LogP contribution >= 0.6 is 0 Å². The first kappa shape index (κ1) is 20.7. The fourth-order valence-corrected chi connectivity index (χ4v) is 5.63. The molecule has 5 nitrogen and oxygen atoms in total. The van der Waals surface area contributed by atoms with Gasteiger partial charge in [-0.25, -0.2) is 0 Å². The zero-order valence-corrected chi connectivity index (χ0v) is 18.5. The molecule has 29 heavy (non-hydrogen) atoms. The van der Waals surface area contributed by atoms with E-state index in [-0.39, 0.29) is 12.0 Å². The minimum atomic E-state index is -0.496. The van der Waals surface area contributed by atoms with Crippen molar-refractivity contribution in [3.05, 3.63) is 29.8 Å². The Morgan fingerprint density at radius 3 is 2.59 bits per heavy atom. The van der Waals surface area contributed by atoms with E-state index in [9.17, 15) is 5.11 Å². The number of oxime groups is 1. The first-order chi connectivity index (χ1) is 13.8. The number of piperazine rings is 1. The lowest BCUT2D eigenvalue weighted by Gasteiger charge is -2.37. The Balaban J connectivity index is 1.22. The van der Waals surface area contributed by atoms with Crippen molar-refractivity contribution in [1.82, 2.24) is 4.90 Å². The molecule has 0 aromatic heterocycles. The highest BCUT2D eigenvalue weighted by molar-refractivity contribution is 5.93. The van der Waals surface area contributed by atoms with Crippen LogP contribution in [0.3, 0.4) is 0 Å². The normalized spacial score (nSPS) is 31.4. The summed E-state index contributed by atoms with van der Waals surface area (Å²) in [7, 11) is 0. The van der Waals surface area contributed by atoms with Crippen LogP contribution in [0.5, 0.6) is 0 Å². The van der Waals surface area contributed by atoms with Gasteiger partial charge in [0, 0.05) is 43.8 Å². The summed E-state index contributed by atoms with van der Waals surface area (Å²) in [5.74, 6) is 0.726. The minimum Gasteiger partial charge on any atom is -0.393 e. The Kier molecular flexibility index (Phi) is 5.64. The molecule has 1 N–H and O–H groups in total. The van der Waals surface area contributed by atoms with Crippen LogP contribution in [0, 0.1) is 23.7 Å². The van der Waals surface area contributed by atoms with Gasteiger partial charge in [0.15, 0.2) is 0 Å². The van der Waals surface area contributed by atoms with Crippen LogP contribution in [0.2, 0.25) is 0 Å². The number of hydrogen-bond donors (Lipinski definition) is 1. The summed E-state index contributed by atoms with van der Waals surface area (Å²) in [5.41, 5.74) is 4.27. The predicted octanol–water partition coefficient (Wildman–Crippen LogP) is 3.70. The Bertz CT molecular complexity index is 754. The molecule has 3 aliphatic rings. The van der Waals surface area contributed by atoms with E-state index in [1.54, 1.807) is 0 Å². The average Bonchev–Trinajstić information content (AvgIpc) is 3.02. The maximum Gasteiger partial charge on any atom is 0.144 e. The standard InChI is InChI=1S/C24H37N3O2/c1-18-6-5-7-20(14-18)27-12-10-26(11-13-27)16-21(28)17-29-25-22-15-19-8-9-24(22,4)23(19,2)3/h5-7,14,19,21,28H,8-13,15-17H2,1-4H3/b25-22+/t19-,21?,24+/m0/s1. The molecule has 4 rings (SSSR count). The quantitative estimate of drug-likeness (QED) is 0.741. The molecule has 160 valence electrons. The van der Waals surface area contributed by atoms with Crippen LogP contribution in [0.4, 0.5) is 5.69 Å². The first-order valence-electron chi connectivity index (χ1n) is 11.2. The Morgan fingerprint density at radius 2 is 1.97 bits per heavy atom. The number of hydrogen-bond acceptors (Lipinski definition) is 5. The molecule has 3 fully saturated rings. The van der Waals surface area contributed by atoms with Crippen LogP contribution in [-0.2, 0) is 4.84 Å². The van der Waals surface area contributed by atoms with Crippen molar-refractivity contribution in [1.29, 1.82) is 0 Å². The fraction of sp³-hybridized carbons (Fsp3) is 0.708. The summed E-state index contributed by atoms with van der Waals surface area (Å²) in [4.78, 5) is 10.4. The maximum atomic E-state index is 10.4. The van der Waals surface area contributed by atoms with E-state index in [2.05, 4.69) is 66.9 Å². The lowest BCUT2D eigenvalue weighted by atomic mass is 9.70. The highest BCUT2D eigenvalue weighted by Crippen LogP contribution is 2.63. The molecule has 0 amide bonds. The van der Waals surface area contributed by atoms with Crippen LogP contribution in [0.25, 0.3) is 0 Å². The Hall–Kier alpha value is -1.59. The third kappa shape index (κ3) is 3.91. The van der Waals surface area contributed by atoms with E-state index in [0.29, 0.717) is 12.0 Å². The highest BCUT2D eigenvalue weighted by Gasteiger charge is 2.60. The molecule has 1 aromatic carbocycles. The first-order valence-corrected chi connectivity index (χ1v) is 11.2. The van der Waals surface area contributed by atoms with Gasteiger partial charge in [0.2, 0.25) is 0 Å². The van der Waals surface area contributed by atoms with Crippen molar-refractivity contribution in [2.24, 2.45) is 21.9 Å². The van der Waals surface area contributed by atoms with Gasteiger partial charge in [0.25, 0.3) is 0 Å². The molecule has 1 unspecified atom stereocenters. The van der Waals surface area contributed by atoms with E-state index in [1.807, 2.05) is 0 Å². The van der Waals surface area contributed by atoms with E-state index < -0.39 is 6.10 Å². The van der Waals surface area contributed by atoms with Crippen molar-refractivity contribution in [2.45, 2.75) is 53.1 Å². The summed E-state index contributed by atoms with van der Waals surface area (Å²) in [6.07, 6.45) is 3.07. The lowest BCUT2D eigenvalue weighted by molar-refractivity contribution is 0.0167. The van der Waals surface area contributed by atoms with E-state index in [4.69, 9.17) is 4.84 Å². The molecule has 2 bridgehead atoms. The smallest absolute Gasteiger partial charge is 0.144 e. The maximum absolute atomic E-state index is 10.4. The zero-order valence-electron chi connectivity index (χ0n) is 18.5. The highest BCUT2D eigenvalue weighted by atomic mass is 16.6. The molecular weight excluding hydrogens is 362 g/mol. The second-order valence-electron chi connectivity index (χ2n) is 10.1. The number of rotatable bonds is 6. The minimum absolute atomic E-state index is 0.161. The molecule has 1 aliphatic heterocycles. The molecular formula is C24H37N3O2. The van der Waals surface area contributed by atoms with Gasteiger partial charge < -0.3 is 14.8 Å². The summed E-state index contributed by atoms with van der Waals surface area (Å²) < 4.78 is 0. The number of aliphatic hydroxyl groups is 1. The SMILES string of the molecule is Cc1cccc(N2CCN(CC(O)CO/N=C3\C[C@@H]4CC[C@@]3(C)C4(C)C)CC2)c1. The van der Waals surface area contributed by atoms with Gasteiger partial charge in [-0.2, -0.15) is 0 Å². The van der Waals surface area contributed by atoms with E-state index >= 15 is 0 Å². The van der Waals surface area contributed by atoms with Crippen LogP contribution in [0.15, 0.2) is 29.4 Å². The van der Waals surface area contributed by atoms with Gasteiger partial charge in [-0.15, -0.1) is 0 Å². The van der Waals surface area contributed by atoms with Crippen molar-refractivity contribution in [2.75, 3.05) is 44.2 Å². The summed E-state index contributed by atoms with van der Waals surface area (Å²) in [5, 5.41) is 14.9. The number of fused-ring (bicyclic) bond motifs is 2. The third-order valence-electron chi connectivity index (χ3n) is 8.16. The molecule has 1 aromatic rings. The number of benzene rings is 1. The van der Waals surface area contributed by atoms with E-state index in [1.165, 1.54) is 29.8 Å². The van der Waals surface area contributed by atoms with Gasteiger partial charge in [-0.05, 0) is 55.2 Å². The summed E-state index contributed by atoms with van der Waals surface area (Å²) in [6.45, 7) is 14.1. The van der Waals surface area contributed by atoms with Gasteiger partial charge in [-0.3, -0.25) is 4.90 Å². The van der Waals surface area contributed by atoms with Crippen LogP contribution < -0.4 is 4.90 Å². The average molecular weight is 400 g/mol. The molecule has 5 heteroatoms. The monoisotopic (exact) mass is 399 g/mol. The molecule has 2 aliphatic carbocycles. The molecule has 1 saturated heterocycles. The second kappa shape index (κ2) is 7.92. The number of aliphatic hydroxyl groups excluding tert-OH is 1. The van der Waals surface area contributed by atoms with Gasteiger partial charge in [-0.1, -0.05) is 38.1 Å². The van der Waals surface area contributed by atoms with Crippen LogP contribution in [-0.4, -0.2) is 61.2 Å². The lowest BCUT2D eigenvalue weighted by Crippen LogP contribution is -2.49. The van der Waals surface area contributed by atoms with Crippen molar-refractivity contribution >= 4 is 11.4 Å². The molecule has 0 radical (unpaired) electrons. The predicted molar refractivity (Wildman–Crippen MR) is 118 cm³/mol. The van der Waals surface area contributed by atoms with Gasteiger partial charge in [0.05, 0.1) is 5.71 Å². The van der Waals surface area contributed by atoms with E-state index in [0.717, 1.165) is 38.5 Å². The Morgan fingerprint density at radius 1 is 1.21 bits per heavy atom. The van der Waals surface area contributed by atoms with Crippen LogP contribution in [0.1, 0.15) is 45.6 Å². The largest absolute Gasteiger partial charge is 0.393 e. The summed E-state index contributed by atoms with van der Waals surface area (Å²) >= 11 is 0. The number of aryl methyl sites for hydroxylation is 1. The van der Waals surface area contributed by atoms with Gasteiger partial charge >= 0.3 is 0 Å². The zero-order chi connectivity index (χ0) is 20.6. The second-order valence-corrected chi connectivity index (χ2v) is 10.1. The fourth-order valence-electron chi connectivity index (χ4n) is 5.63. The topological polar surface area (TPSA) is 48.3 Å². The Labute approximate surface area is 175 Å². The summed E-state index contributed by atoms with van der Waals surface area (Å²) in [6, 6.07) is 8.69. The van der Waals surface area contributed by atoms with Crippen molar-refractivity contribution in [3.63, 3.8) is 0 Å². The number of anilines is 1. The molecule has 3 atom stereocenters. The number of nitrogens with zero attached hydrogens (tertiary/aromatic N) is 3. The van der Waals surface area contributed by atoms with Gasteiger partial charge in [0.1, 0.15) is 12.7 Å². The molecule has 0 spiro atoms. The number of β-amino-alcohol motifs (C(OH)–C–C–N with tert-alkyl or cyclic N) is 1. The molecule has 2 saturated carbocycles. The third-order valence-corrected chi connectivity index (χ3v) is 8.16.